The molecule has 0 saturated carbocycles. The fraction of sp³-hybridized carbons (Fsp3) is 0.526. The molecule has 0 unspecified atom stereocenters. The fourth-order valence-electron chi connectivity index (χ4n) is 3.05. The van der Waals surface area contributed by atoms with E-state index in [4.69, 9.17) is 0 Å². The molecule has 0 fully saturated rings. The Morgan fingerprint density at radius 2 is 1.62 bits per heavy atom. The zero-order valence-electron chi connectivity index (χ0n) is 13.4. The molecule has 0 spiro atoms. The molecular weight excluding hydrogens is 258 g/mol. The number of oxime groups is 1. The second-order valence-corrected chi connectivity index (χ2v) is 5.93. The van der Waals surface area contributed by atoms with Crippen molar-refractivity contribution in [1.82, 2.24) is 0 Å². The second kappa shape index (κ2) is 8.02. The average molecular weight is 285 g/mol. The number of hydrogen-bond acceptors (Lipinski definition) is 2. The summed E-state index contributed by atoms with van der Waals surface area (Å²) in [4.78, 5) is 0. The summed E-state index contributed by atoms with van der Waals surface area (Å²) in [6.07, 6.45) is 9.10. The predicted octanol–water partition coefficient (Wildman–Crippen LogP) is 5.60. The van der Waals surface area contributed by atoms with E-state index in [9.17, 15) is 5.21 Å². The Kier molecular flexibility index (Phi) is 6.04. The van der Waals surface area contributed by atoms with Crippen LogP contribution < -0.4 is 0 Å². The topological polar surface area (TPSA) is 32.6 Å². The van der Waals surface area contributed by atoms with Gasteiger partial charge in [-0.15, -0.1) is 0 Å². The van der Waals surface area contributed by atoms with Gasteiger partial charge in [-0.1, -0.05) is 61.7 Å². The molecule has 0 aromatic heterocycles. The number of hydrogen-bond donors (Lipinski definition) is 1. The van der Waals surface area contributed by atoms with E-state index in [1.165, 1.54) is 48.0 Å². The van der Waals surface area contributed by atoms with Gasteiger partial charge in [0.2, 0.25) is 0 Å². The third-order valence-electron chi connectivity index (χ3n) is 4.32. The highest BCUT2D eigenvalue weighted by Crippen LogP contribution is 2.35. The first kappa shape index (κ1) is 15.8. The third kappa shape index (κ3) is 3.96. The number of unbranched alkanes of at least 4 members (excludes halogenated alkanes) is 2. The molecule has 0 heterocycles. The maximum Gasteiger partial charge on any atom is 0.0876 e. The Morgan fingerprint density at radius 3 is 2.24 bits per heavy atom. The SMILES string of the molecule is CCCCC1=C(c2ccc(CCCC)cc2)/C(=N/O)CC1. The lowest BCUT2D eigenvalue weighted by Gasteiger charge is -2.09. The molecule has 114 valence electrons. The highest BCUT2D eigenvalue weighted by Gasteiger charge is 2.22. The Morgan fingerprint density at radius 1 is 0.952 bits per heavy atom. The van der Waals surface area contributed by atoms with Crippen LogP contribution in [0.4, 0.5) is 0 Å². The molecule has 0 bridgehead atoms. The summed E-state index contributed by atoms with van der Waals surface area (Å²) < 4.78 is 0. The summed E-state index contributed by atoms with van der Waals surface area (Å²) in [6.45, 7) is 4.44. The van der Waals surface area contributed by atoms with E-state index in [-0.39, 0.29) is 0 Å². The third-order valence-corrected chi connectivity index (χ3v) is 4.32. The van der Waals surface area contributed by atoms with Gasteiger partial charge in [0, 0.05) is 5.57 Å². The van der Waals surface area contributed by atoms with Crippen molar-refractivity contribution in [2.24, 2.45) is 5.16 Å². The van der Waals surface area contributed by atoms with Crippen LogP contribution in [0.25, 0.3) is 5.57 Å². The Hall–Kier alpha value is -1.57. The Labute approximate surface area is 128 Å². The Bertz CT molecular complexity index is 511. The van der Waals surface area contributed by atoms with E-state index < -0.39 is 0 Å². The van der Waals surface area contributed by atoms with Gasteiger partial charge in [0.1, 0.15) is 0 Å². The molecule has 1 N–H and O–H groups in total. The zero-order valence-corrected chi connectivity index (χ0v) is 13.4. The number of rotatable bonds is 7. The lowest BCUT2D eigenvalue weighted by molar-refractivity contribution is 0.319. The van der Waals surface area contributed by atoms with Crippen molar-refractivity contribution in [3.8, 4) is 0 Å². The van der Waals surface area contributed by atoms with Crippen molar-refractivity contribution < 1.29 is 5.21 Å². The van der Waals surface area contributed by atoms with Crippen LogP contribution in [0.3, 0.4) is 0 Å². The van der Waals surface area contributed by atoms with Crippen molar-refractivity contribution in [2.45, 2.75) is 65.2 Å². The summed E-state index contributed by atoms with van der Waals surface area (Å²) in [6, 6.07) is 8.84. The molecule has 2 heteroatoms. The monoisotopic (exact) mass is 285 g/mol. The smallest absolute Gasteiger partial charge is 0.0876 e. The van der Waals surface area contributed by atoms with Crippen LogP contribution in [0.1, 0.15) is 69.9 Å². The number of aryl methyl sites for hydroxylation is 1. The summed E-state index contributed by atoms with van der Waals surface area (Å²) in [5.74, 6) is 0. The van der Waals surface area contributed by atoms with Crippen molar-refractivity contribution in [2.75, 3.05) is 0 Å². The zero-order chi connectivity index (χ0) is 15.1. The fourth-order valence-corrected chi connectivity index (χ4v) is 3.05. The van der Waals surface area contributed by atoms with Crippen molar-refractivity contribution >= 4 is 11.3 Å². The van der Waals surface area contributed by atoms with E-state index in [1.807, 2.05) is 0 Å². The summed E-state index contributed by atoms with van der Waals surface area (Å²) in [5, 5.41) is 12.8. The van der Waals surface area contributed by atoms with Gasteiger partial charge in [-0.05, 0) is 49.7 Å². The molecule has 0 atom stereocenters. The van der Waals surface area contributed by atoms with Gasteiger partial charge in [0.05, 0.1) is 5.71 Å². The average Bonchev–Trinajstić information content (AvgIpc) is 2.94. The lowest BCUT2D eigenvalue weighted by atomic mass is 9.96. The molecule has 2 rings (SSSR count). The van der Waals surface area contributed by atoms with Crippen molar-refractivity contribution in [1.29, 1.82) is 0 Å². The van der Waals surface area contributed by atoms with Crippen molar-refractivity contribution in [3.05, 3.63) is 41.0 Å². The first-order chi connectivity index (χ1) is 10.3. The molecule has 0 saturated heterocycles. The Balaban J connectivity index is 2.23. The molecule has 0 aliphatic heterocycles. The molecule has 0 radical (unpaired) electrons. The number of nitrogens with zero attached hydrogens (tertiary/aromatic N) is 1. The van der Waals surface area contributed by atoms with Crippen LogP contribution in [0.15, 0.2) is 35.0 Å². The maximum absolute atomic E-state index is 9.27. The van der Waals surface area contributed by atoms with Crippen LogP contribution in [0.5, 0.6) is 0 Å². The number of benzene rings is 1. The van der Waals surface area contributed by atoms with E-state index in [0.717, 1.165) is 31.4 Å². The van der Waals surface area contributed by atoms with E-state index >= 15 is 0 Å². The van der Waals surface area contributed by atoms with E-state index in [0.29, 0.717) is 0 Å². The minimum atomic E-state index is 0.863. The van der Waals surface area contributed by atoms with Gasteiger partial charge >= 0.3 is 0 Å². The summed E-state index contributed by atoms with van der Waals surface area (Å²) in [5.41, 5.74) is 6.14. The molecular formula is C19H27NO. The van der Waals surface area contributed by atoms with Gasteiger partial charge in [0.25, 0.3) is 0 Å². The molecule has 0 amide bonds. The molecule has 1 aliphatic carbocycles. The van der Waals surface area contributed by atoms with Crippen LogP contribution in [0.2, 0.25) is 0 Å². The van der Waals surface area contributed by atoms with Crippen LogP contribution in [0, 0.1) is 0 Å². The van der Waals surface area contributed by atoms with Gasteiger partial charge in [-0.2, -0.15) is 0 Å². The minimum absolute atomic E-state index is 0.863. The molecule has 2 nitrogen and oxygen atoms in total. The standard InChI is InChI=1S/C19H27NO/c1-3-5-7-15-9-11-17(12-10-15)19-16(8-6-4-2)13-14-18(19)20-21/h9-12,21H,3-8,13-14H2,1-2H3/b20-18+. The first-order valence-electron chi connectivity index (χ1n) is 8.32. The minimum Gasteiger partial charge on any atom is -0.411 e. The highest BCUT2D eigenvalue weighted by atomic mass is 16.4. The van der Waals surface area contributed by atoms with Crippen LogP contribution >= 0.6 is 0 Å². The summed E-state index contributed by atoms with van der Waals surface area (Å²) >= 11 is 0. The largest absolute Gasteiger partial charge is 0.411 e. The molecule has 1 aliphatic rings. The van der Waals surface area contributed by atoms with Gasteiger partial charge < -0.3 is 5.21 Å². The van der Waals surface area contributed by atoms with Gasteiger partial charge in [0.15, 0.2) is 0 Å². The summed E-state index contributed by atoms with van der Waals surface area (Å²) in [7, 11) is 0. The normalized spacial score (nSPS) is 17.0. The molecule has 21 heavy (non-hydrogen) atoms. The molecule has 1 aromatic rings. The van der Waals surface area contributed by atoms with E-state index in [1.54, 1.807) is 0 Å². The van der Waals surface area contributed by atoms with Crippen LogP contribution in [-0.2, 0) is 6.42 Å². The predicted molar refractivity (Wildman–Crippen MR) is 90.0 cm³/mol. The highest BCUT2D eigenvalue weighted by molar-refractivity contribution is 6.26. The second-order valence-electron chi connectivity index (χ2n) is 5.93. The van der Waals surface area contributed by atoms with E-state index in [2.05, 4.69) is 43.3 Å². The maximum atomic E-state index is 9.27. The quantitative estimate of drug-likeness (QED) is 0.513. The van der Waals surface area contributed by atoms with Crippen LogP contribution in [-0.4, -0.2) is 10.9 Å². The van der Waals surface area contributed by atoms with Gasteiger partial charge in [-0.25, -0.2) is 0 Å². The lowest BCUT2D eigenvalue weighted by Crippen LogP contribution is -1.98. The number of allylic oxidation sites excluding steroid dienone is 2. The first-order valence-corrected chi connectivity index (χ1v) is 8.32. The van der Waals surface area contributed by atoms with Crippen molar-refractivity contribution in [3.63, 3.8) is 0 Å². The van der Waals surface area contributed by atoms with Gasteiger partial charge in [-0.3, -0.25) is 0 Å². The molecule has 1 aromatic carbocycles.